The molecule has 94 valence electrons. The fourth-order valence-electron chi connectivity index (χ4n) is 2.14. The van der Waals surface area contributed by atoms with E-state index in [0.29, 0.717) is 16.9 Å². The molecule has 0 fully saturated rings. The molecular formula is C15H13N3S. The molecule has 3 nitrogen and oxygen atoms in total. The molecule has 1 heterocycles. The third-order valence-electron chi connectivity index (χ3n) is 3.08. The van der Waals surface area contributed by atoms with E-state index in [1.165, 1.54) is 16.3 Å². The topological polar surface area (TPSA) is 75.9 Å². The van der Waals surface area contributed by atoms with Crippen molar-refractivity contribution in [2.24, 2.45) is 0 Å². The minimum Gasteiger partial charge on any atom is -0.399 e. The van der Waals surface area contributed by atoms with E-state index in [1.807, 2.05) is 18.2 Å². The second kappa shape index (κ2) is 4.40. The monoisotopic (exact) mass is 267 g/mol. The highest BCUT2D eigenvalue weighted by atomic mass is 32.1. The summed E-state index contributed by atoms with van der Waals surface area (Å²) in [6, 6.07) is 13.9. The molecule has 0 radical (unpaired) electrons. The van der Waals surface area contributed by atoms with Gasteiger partial charge in [0, 0.05) is 38.3 Å². The first-order valence-electron chi connectivity index (χ1n) is 5.87. The van der Waals surface area contributed by atoms with Gasteiger partial charge in [-0.1, -0.05) is 18.2 Å². The van der Waals surface area contributed by atoms with Gasteiger partial charge in [-0.2, -0.15) is 0 Å². The normalized spacial score (nSPS) is 10.7. The molecule has 0 aliphatic carbocycles. The van der Waals surface area contributed by atoms with Crippen molar-refractivity contribution >= 4 is 39.0 Å². The molecule has 4 heteroatoms. The van der Waals surface area contributed by atoms with Gasteiger partial charge >= 0.3 is 0 Å². The van der Waals surface area contributed by atoms with Gasteiger partial charge in [-0.25, -0.2) is 0 Å². The number of thiophene rings is 1. The lowest BCUT2D eigenvalue weighted by Crippen LogP contribution is -1.98. The van der Waals surface area contributed by atoms with Crippen LogP contribution in [0.15, 0.2) is 42.5 Å². The first-order valence-corrected chi connectivity index (χ1v) is 6.69. The number of rotatable bonds is 2. The van der Waals surface area contributed by atoms with Crippen LogP contribution in [-0.2, 0) is 0 Å². The van der Waals surface area contributed by atoms with Crippen LogP contribution < -0.4 is 11.5 Å². The number of benzene rings is 2. The standard InChI is InChI=1S/C15H13N3S/c16-8-10-5-11(17)7-12(15(10)18)14-6-9-3-1-2-4-13(9)19-14/h1-8,16H,17-18H2. The van der Waals surface area contributed by atoms with E-state index < -0.39 is 0 Å². The summed E-state index contributed by atoms with van der Waals surface area (Å²) >= 11 is 1.68. The van der Waals surface area contributed by atoms with Crippen molar-refractivity contribution in [1.82, 2.24) is 0 Å². The van der Waals surface area contributed by atoms with Crippen LogP contribution in [0.25, 0.3) is 20.5 Å². The lowest BCUT2D eigenvalue weighted by atomic mass is 10.0. The van der Waals surface area contributed by atoms with Gasteiger partial charge in [-0.15, -0.1) is 11.3 Å². The fourth-order valence-corrected chi connectivity index (χ4v) is 3.23. The molecule has 0 aliphatic rings. The summed E-state index contributed by atoms with van der Waals surface area (Å²) in [5.74, 6) is 0. The first kappa shape index (κ1) is 11.7. The molecule has 0 amide bonds. The Balaban J connectivity index is 2.26. The molecule has 1 aromatic heterocycles. The first-order chi connectivity index (χ1) is 9.19. The molecule has 0 bridgehead atoms. The lowest BCUT2D eigenvalue weighted by Gasteiger charge is -2.08. The number of anilines is 2. The van der Waals surface area contributed by atoms with Crippen LogP contribution in [0.2, 0.25) is 0 Å². The van der Waals surface area contributed by atoms with Gasteiger partial charge in [0.1, 0.15) is 0 Å². The van der Waals surface area contributed by atoms with Crippen LogP contribution in [0.4, 0.5) is 11.4 Å². The van der Waals surface area contributed by atoms with E-state index in [-0.39, 0.29) is 0 Å². The smallest absolute Gasteiger partial charge is 0.0492 e. The molecule has 3 rings (SSSR count). The maximum Gasteiger partial charge on any atom is 0.0492 e. The summed E-state index contributed by atoms with van der Waals surface area (Å²) in [7, 11) is 0. The van der Waals surface area contributed by atoms with Gasteiger partial charge in [0.15, 0.2) is 0 Å². The lowest BCUT2D eigenvalue weighted by molar-refractivity contribution is 1.54. The van der Waals surface area contributed by atoms with E-state index in [4.69, 9.17) is 16.9 Å². The second-order valence-electron chi connectivity index (χ2n) is 4.36. The van der Waals surface area contributed by atoms with E-state index in [0.717, 1.165) is 10.4 Å². The zero-order valence-corrected chi connectivity index (χ0v) is 11.0. The molecule has 19 heavy (non-hydrogen) atoms. The highest BCUT2D eigenvalue weighted by Crippen LogP contribution is 2.38. The summed E-state index contributed by atoms with van der Waals surface area (Å²) in [5, 5.41) is 8.59. The largest absolute Gasteiger partial charge is 0.399 e. The van der Waals surface area contributed by atoms with Crippen LogP contribution in [0, 0.1) is 5.41 Å². The van der Waals surface area contributed by atoms with Gasteiger partial charge < -0.3 is 16.9 Å². The number of nitrogens with one attached hydrogen (secondary N) is 1. The number of hydrogen-bond acceptors (Lipinski definition) is 4. The number of fused-ring (bicyclic) bond motifs is 1. The van der Waals surface area contributed by atoms with Crippen LogP contribution in [0.1, 0.15) is 5.56 Å². The van der Waals surface area contributed by atoms with Crippen molar-refractivity contribution in [2.75, 3.05) is 11.5 Å². The van der Waals surface area contributed by atoms with Gasteiger partial charge in [-0.3, -0.25) is 0 Å². The molecule has 0 spiro atoms. The molecule has 2 aromatic carbocycles. The maximum absolute atomic E-state index is 7.39. The Kier molecular flexibility index (Phi) is 2.72. The van der Waals surface area contributed by atoms with Gasteiger partial charge in [0.05, 0.1) is 0 Å². The summed E-state index contributed by atoms with van der Waals surface area (Å²) in [5.41, 5.74) is 14.8. The van der Waals surface area contributed by atoms with Crippen molar-refractivity contribution in [3.63, 3.8) is 0 Å². The molecule has 0 saturated heterocycles. The Morgan fingerprint density at radius 1 is 1.05 bits per heavy atom. The van der Waals surface area contributed by atoms with Crippen LogP contribution in [0.5, 0.6) is 0 Å². The average Bonchev–Trinajstić information content (AvgIpc) is 2.84. The van der Waals surface area contributed by atoms with Crippen molar-refractivity contribution in [2.45, 2.75) is 0 Å². The minimum absolute atomic E-state index is 0.607. The Bertz CT molecular complexity index is 741. The third kappa shape index (κ3) is 1.96. The molecular weight excluding hydrogens is 254 g/mol. The zero-order valence-electron chi connectivity index (χ0n) is 10.2. The molecule has 0 atom stereocenters. The number of nitrogen functional groups attached to an aromatic ring is 2. The summed E-state index contributed by atoms with van der Waals surface area (Å²) in [6.07, 6.45) is 1.24. The average molecular weight is 267 g/mol. The van der Waals surface area contributed by atoms with E-state index in [1.54, 1.807) is 17.4 Å². The van der Waals surface area contributed by atoms with Crippen molar-refractivity contribution in [3.05, 3.63) is 48.0 Å². The van der Waals surface area contributed by atoms with Crippen LogP contribution >= 0.6 is 11.3 Å². The Labute approximate surface area is 115 Å². The zero-order chi connectivity index (χ0) is 13.4. The van der Waals surface area contributed by atoms with Gasteiger partial charge in [-0.05, 0) is 29.7 Å². The maximum atomic E-state index is 7.39. The summed E-state index contributed by atoms with van der Waals surface area (Å²) < 4.78 is 1.22. The van der Waals surface area contributed by atoms with Crippen molar-refractivity contribution in [1.29, 1.82) is 5.41 Å². The van der Waals surface area contributed by atoms with Crippen molar-refractivity contribution in [3.8, 4) is 10.4 Å². The predicted octanol–water partition coefficient (Wildman–Crippen LogP) is 3.73. The van der Waals surface area contributed by atoms with E-state index in [2.05, 4.69) is 18.2 Å². The van der Waals surface area contributed by atoms with E-state index >= 15 is 0 Å². The number of nitrogens with two attached hydrogens (primary N) is 2. The molecule has 0 aliphatic heterocycles. The second-order valence-corrected chi connectivity index (χ2v) is 5.45. The van der Waals surface area contributed by atoms with Gasteiger partial charge in [0.2, 0.25) is 0 Å². The molecule has 0 unspecified atom stereocenters. The Hall–Kier alpha value is -2.33. The molecule has 5 N–H and O–H groups in total. The highest BCUT2D eigenvalue weighted by molar-refractivity contribution is 7.22. The Morgan fingerprint density at radius 3 is 2.58 bits per heavy atom. The number of hydrogen-bond donors (Lipinski definition) is 3. The van der Waals surface area contributed by atoms with Gasteiger partial charge in [0.25, 0.3) is 0 Å². The summed E-state index contributed by atoms with van der Waals surface area (Å²) in [4.78, 5) is 1.08. The molecule has 0 saturated carbocycles. The highest BCUT2D eigenvalue weighted by Gasteiger charge is 2.10. The molecule has 3 aromatic rings. The minimum atomic E-state index is 0.607. The SMILES string of the molecule is N=Cc1cc(N)cc(-c2cc3ccccc3s2)c1N. The Morgan fingerprint density at radius 2 is 1.84 bits per heavy atom. The third-order valence-corrected chi connectivity index (χ3v) is 4.23. The summed E-state index contributed by atoms with van der Waals surface area (Å²) in [6.45, 7) is 0. The van der Waals surface area contributed by atoms with Crippen LogP contribution in [0.3, 0.4) is 0 Å². The predicted molar refractivity (Wildman–Crippen MR) is 84.0 cm³/mol. The quantitative estimate of drug-likeness (QED) is 0.489. The van der Waals surface area contributed by atoms with Crippen molar-refractivity contribution < 1.29 is 0 Å². The fraction of sp³-hybridized carbons (Fsp3) is 0. The van der Waals surface area contributed by atoms with E-state index in [9.17, 15) is 0 Å². The van der Waals surface area contributed by atoms with Crippen LogP contribution in [-0.4, -0.2) is 6.21 Å².